The molecule has 0 aromatic rings. The van der Waals surface area contributed by atoms with Gasteiger partial charge in [-0.25, -0.2) is 4.39 Å². The quantitative estimate of drug-likeness (QED) is 0.570. The number of aliphatic hydroxyl groups excluding tert-OH is 3. The molecule has 3 unspecified atom stereocenters. The summed E-state index contributed by atoms with van der Waals surface area (Å²) in [7, 11) is 0. The molecule has 1 rings (SSSR count). The van der Waals surface area contributed by atoms with Crippen LogP contribution in [0.1, 0.15) is 13.8 Å². The second kappa shape index (κ2) is 4.53. The summed E-state index contributed by atoms with van der Waals surface area (Å²) in [5.74, 6) is -0.0406. The van der Waals surface area contributed by atoms with Crippen LogP contribution in [0.3, 0.4) is 0 Å². The van der Waals surface area contributed by atoms with Gasteiger partial charge < -0.3 is 20.1 Å². The SMILES string of the molecule is CC(C)[C@@H]1OC(CF)[C@@H](O)C(O)C1O. The Balaban J connectivity index is 2.73. The molecule has 0 radical (unpaired) electrons. The maximum Gasteiger partial charge on any atom is 0.118 e. The largest absolute Gasteiger partial charge is 0.388 e. The zero-order valence-corrected chi connectivity index (χ0v) is 8.30. The van der Waals surface area contributed by atoms with Crippen LogP contribution in [0.5, 0.6) is 0 Å². The van der Waals surface area contributed by atoms with E-state index < -0.39 is 37.2 Å². The van der Waals surface area contributed by atoms with Crippen LogP contribution >= 0.6 is 0 Å². The monoisotopic (exact) mass is 208 g/mol. The van der Waals surface area contributed by atoms with Gasteiger partial charge in [-0.1, -0.05) is 13.8 Å². The summed E-state index contributed by atoms with van der Waals surface area (Å²) in [6.07, 6.45) is -5.52. The van der Waals surface area contributed by atoms with Gasteiger partial charge in [0.15, 0.2) is 0 Å². The highest BCUT2D eigenvalue weighted by atomic mass is 19.1. The molecule has 5 heteroatoms. The summed E-state index contributed by atoms with van der Waals surface area (Å²) in [5.41, 5.74) is 0. The fraction of sp³-hybridized carbons (Fsp3) is 1.00. The molecular weight excluding hydrogens is 191 g/mol. The zero-order chi connectivity index (χ0) is 10.9. The van der Waals surface area contributed by atoms with Crippen molar-refractivity contribution in [2.75, 3.05) is 6.67 Å². The molecule has 1 saturated heterocycles. The number of hydrogen-bond donors (Lipinski definition) is 3. The van der Waals surface area contributed by atoms with Gasteiger partial charge in [0.2, 0.25) is 0 Å². The van der Waals surface area contributed by atoms with Crippen LogP contribution in [-0.2, 0) is 4.74 Å². The normalized spacial score (nSPS) is 44.4. The summed E-state index contributed by atoms with van der Waals surface area (Å²) >= 11 is 0. The van der Waals surface area contributed by atoms with Crippen molar-refractivity contribution in [3.05, 3.63) is 0 Å². The first-order valence-corrected chi connectivity index (χ1v) is 4.74. The molecular formula is C9H17FO4. The summed E-state index contributed by atoms with van der Waals surface area (Å²) in [4.78, 5) is 0. The number of halogens is 1. The number of ether oxygens (including phenoxy) is 1. The number of hydrogen-bond acceptors (Lipinski definition) is 4. The van der Waals surface area contributed by atoms with Crippen molar-refractivity contribution in [1.29, 1.82) is 0 Å². The van der Waals surface area contributed by atoms with E-state index >= 15 is 0 Å². The fourth-order valence-electron chi connectivity index (χ4n) is 1.66. The molecule has 1 aliphatic rings. The third-order valence-electron chi connectivity index (χ3n) is 2.56. The first-order valence-electron chi connectivity index (χ1n) is 4.74. The van der Waals surface area contributed by atoms with Gasteiger partial charge in [0.05, 0.1) is 6.10 Å². The fourth-order valence-corrected chi connectivity index (χ4v) is 1.66. The van der Waals surface area contributed by atoms with E-state index in [0.717, 1.165) is 0 Å². The molecule has 4 nitrogen and oxygen atoms in total. The van der Waals surface area contributed by atoms with Crippen molar-refractivity contribution in [3.8, 4) is 0 Å². The predicted octanol–water partition coefficient (Wildman–Crippen LogP) is -0.538. The lowest BCUT2D eigenvalue weighted by molar-refractivity contribution is -0.234. The van der Waals surface area contributed by atoms with Gasteiger partial charge in [-0.15, -0.1) is 0 Å². The zero-order valence-electron chi connectivity index (χ0n) is 8.30. The van der Waals surface area contributed by atoms with Gasteiger partial charge in [-0.2, -0.15) is 0 Å². The third kappa shape index (κ3) is 2.06. The highest BCUT2D eigenvalue weighted by Gasteiger charge is 2.44. The topological polar surface area (TPSA) is 69.9 Å². The average molecular weight is 208 g/mol. The minimum Gasteiger partial charge on any atom is -0.388 e. The van der Waals surface area contributed by atoms with Crippen LogP contribution in [0.15, 0.2) is 0 Å². The second-order valence-electron chi connectivity index (χ2n) is 4.01. The van der Waals surface area contributed by atoms with E-state index in [4.69, 9.17) is 4.74 Å². The van der Waals surface area contributed by atoms with E-state index in [-0.39, 0.29) is 5.92 Å². The van der Waals surface area contributed by atoms with Gasteiger partial charge in [0, 0.05) is 0 Å². The van der Waals surface area contributed by atoms with Crippen LogP contribution in [0, 0.1) is 5.92 Å². The van der Waals surface area contributed by atoms with Crippen molar-refractivity contribution in [3.63, 3.8) is 0 Å². The summed E-state index contributed by atoms with van der Waals surface area (Å²) in [5, 5.41) is 28.3. The van der Waals surface area contributed by atoms with Crippen LogP contribution in [0.2, 0.25) is 0 Å². The molecule has 84 valence electrons. The Morgan fingerprint density at radius 1 is 1.14 bits per heavy atom. The summed E-state index contributed by atoms with van der Waals surface area (Å²) < 4.78 is 17.5. The minimum absolute atomic E-state index is 0.0406. The standard InChI is InChI=1S/C9H17FO4/c1-4(2)9-8(13)7(12)6(11)5(3-10)14-9/h4-9,11-13H,3H2,1-2H3/t5?,6-,7?,8?,9+/m1/s1. The van der Waals surface area contributed by atoms with E-state index in [9.17, 15) is 19.7 Å². The van der Waals surface area contributed by atoms with Crippen molar-refractivity contribution in [2.45, 2.75) is 44.4 Å². The first kappa shape index (κ1) is 11.8. The van der Waals surface area contributed by atoms with Crippen molar-refractivity contribution in [2.24, 2.45) is 5.92 Å². The van der Waals surface area contributed by atoms with Gasteiger partial charge in [0.25, 0.3) is 0 Å². The van der Waals surface area contributed by atoms with Crippen LogP contribution < -0.4 is 0 Å². The first-order chi connectivity index (χ1) is 6.49. The Morgan fingerprint density at radius 2 is 1.71 bits per heavy atom. The van der Waals surface area contributed by atoms with Gasteiger partial charge in [-0.05, 0) is 5.92 Å². The minimum atomic E-state index is -1.36. The Bertz CT molecular complexity index is 186. The molecule has 0 saturated carbocycles. The number of rotatable bonds is 2. The molecule has 0 amide bonds. The van der Waals surface area contributed by atoms with Crippen molar-refractivity contribution >= 4 is 0 Å². The van der Waals surface area contributed by atoms with Gasteiger partial charge in [0.1, 0.15) is 31.1 Å². The van der Waals surface area contributed by atoms with E-state index in [0.29, 0.717) is 0 Å². The molecule has 0 spiro atoms. The molecule has 14 heavy (non-hydrogen) atoms. The highest BCUT2D eigenvalue weighted by molar-refractivity contribution is 4.92. The van der Waals surface area contributed by atoms with Gasteiger partial charge in [-0.3, -0.25) is 0 Å². The van der Waals surface area contributed by atoms with Gasteiger partial charge >= 0.3 is 0 Å². The lowest BCUT2D eigenvalue weighted by Gasteiger charge is -2.41. The highest BCUT2D eigenvalue weighted by Crippen LogP contribution is 2.25. The summed E-state index contributed by atoms with van der Waals surface area (Å²) in [6, 6.07) is 0. The maximum atomic E-state index is 12.4. The molecule has 0 bridgehead atoms. The van der Waals surface area contributed by atoms with E-state index in [1.165, 1.54) is 0 Å². The molecule has 0 aromatic heterocycles. The molecule has 1 heterocycles. The van der Waals surface area contributed by atoms with E-state index in [1.807, 2.05) is 0 Å². The maximum absolute atomic E-state index is 12.4. The van der Waals surface area contributed by atoms with Crippen molar-refractivity contribution < 1.29 is 24.4 Å². The van der Waals surface area contributed by atoms with Crippen LogP contribution in [0.4, 0.5) is 4.39 Å². The Hall–Kier alpha value is -0.230. The number of alkyl halides is 1. The van der Waals surface area contributed by atoms with E-state index in [2.05, 4.69) is 0 Å². The molecule has 1 aliphatic heterocycles. The molecule has 5 atom stereocenters. The predicted molar refractivity (Wildman–Crippen MR) is 47.5 cm³/mol. The van der Waals surface area contributed by atoms with Crippen LogP contribution in [-0.4, -0.2) is 52.5 Å². The van der Waals surface area contributed by atoms with E-state index in [1.54, 1.807) is 13.8 Å². The smallest absolute Gasteiger partial charge is 0.118 e. The molecule has 0 aliphatic carbocycles. The summed E-state index contributed by atoms with van der Waals surface area (Å²) in [6.45, 7) is 2.73. The Morgan fingerprint density at radius 3 is 2.14 bits per heavy atom. The van der Waals surface area contributed by atoms with Crippen molar-refractivity contribution in [1.82, 2.24) is 0 Å². The lowest BCUT2D eigenvalue weighted by Crippen LogP contribution is -2.59. The number of aliphatic hydroxyl groups is 3. The molecule has 3 N–H and O–H groups in total. The van der Waals surface area contributed by atoms with Crippen LogP contribution in [0.25, 0.3) is 0 Å². The lowest BCUT2D eigenvalue weighted by atomic mass is 9.90. The third-order valence-corrected chi connectivity index (χ3v) is 2.56. The molecule has 0 aromatic carbocycles. The molecule has 1 fully saturated rings. The Labute approximate surface area is 82.3 Å². The average Bonchev–Trinajstić information content (AvgIpc) is 2.14. The second-order valence-corrected chi connectivity index (χ2v) is 4.01. The Kier molecular flexibility index (Phi) is 3.83.